The van der Waals surface area contributed by atoms with Crippen molar-refractivity contribution in [1.29, 1.82) is 0 Å². The lowest BCUT2D eigenvalue weighted by Crippen LogP contribution is -2.22. The fraction of sp³-hybridized carbons (Fsp3) is 0.250. The molecule has 0 aliphatic carbocycles. The van der Waals surface area contributed by atoms with Gasteiger partial charge in [-0.15, -0.1) is 0 Å². The van der Waals surface area contributed by atoms with Crippen molar-refractivity contribution in [2.24, 2.45) is 0 Å². The maximum atomic E-state index is 14.1. The van der Waals surface area contributed by atoms with Crippen molar-refractivity contribution >= 4 is 34.0 Å². The number of aliphatic hydroxyl groups excluding tert-OH is 1. The van der Waals surface area contributed by atoms with Gasteiger partial charge in [-0.3, -0.25) is 0 Å². The number of anilines is 2. The standard InChI is InChI=1S/C16H16F2INO/c1-11-10-12(19)6-7-14(11)20(8-3-9-21)15-5-2-4-13(17)16(15)18/h2,4-7,10,21H,3,8-9H2,1H3. The maximum Gasteiger partial charge on any atom is 0.182 e. The zero-order chi connectivity index (χ0) is 15.4. The molecule has 5 heteroatoms. The Bertz CT molecular complexity index is 634. The monoisotopic (exact) mass is 403 g/mol. The number of benzene rings is 2. The molecule has 0 saturated carbocycles. The topological polar surface area (TPSA) is 23.5 Å². The van der Waals surface area contributed by atoms with Crippen LogP contribution in [0.3, 0.4) is 0 Å². The average Bonchev–Trinajstić information content (AvgIpc) is 2.45. The fourth-order valence-corrected chi connectivity index (χ4v) is 2.87. The Morgan fingerprint density at radius 1 is 1.14 bits per heavy atom. The van der Waals surface area contributed by atoms with Crippen LogP contribution < -0.4 is 4.90 Å². The van der Waals surface area contributed by atoms with E-state index in [0.29, 0.717) is 13.0 Å². The van der Waals surface area contributed by atoms with E-state index in [0.717, 1.165) is 20.9 Å². The largest absolute Gasteiger partial charge is 0.396 e. The number of hydrogen-bond donors (Lipinski definition) is 1. The summed E-state index contributed by atoms with van der Waals surface area (Å²) in [5.74, 6) is -1.74. The summed E-state index contributed by atoms with van der Waals surface area (Å²) in [5.41, 5.74) is 1.98. The maximum absolute atomic E-state index is 14.1. The van der Waals surface area contributed by atoms with Crippen LogP contribution in [-0.2, 0) is 0 Å². The average molecular weight is 403 g/mol. The van der Waals surface area contributed by atoms with E-state index in [2.05, 4.69) is 22.6 Å². The first-order chi connectivity index (χ1) is 10.0. The molecule has 21 heavy (non-hydrogen) atoms. The number of aryl methyl sites for hydroxylation is 1. The van der Waals surface area contributed by atoms with E-state index < -0.39 is 11.6 Å². The van der Waals surface area contributed by atoms with Crippen molar-refractivity contribution in [2.45, 2.75) is 13.3 Å². The number of aliphatic hydroxyl groups is 1. The van der Waals surface area contributed by atoms with Crippen LogP contribution in [0.25, 0.3) is 0 Å². The third-order valence-electron chi connectivity index (χ3n) is 3.21. The quantitative estimate of drug-likeness (QED) is 0.749. The fourth-order valence-electron chi connectivity index (χ4n) is 2.22. The highest BCUT2D eigenvalue weighted by molar-refractivity contribution is 14.1. The van der Waals surface area contributed by atoms with Gasteiger partial charge in [0, 0.05) is 22.4 Å². The van der Waals surface area contributed by atoms with Crippen LogP contribution in [0.2, 0.25) is 0 Å². The molecule has 0 atom stereocenters. The van der Waals surface area contributed by atoms with Crippen molar-refractivity contribution in [3.8, 4) is 0 Å². The lowest BCUT2D eigenvalue weighted by atomic mass is 10.1. The van der Waals surface area contributed by atoms with Gasteiger partial charge >= 0.3 is 0 Å². The van der Waals surface area contributed by atoms with Gasteiger partial charge in [-0.1, -0.05) is 6.07 Å². The molecule has 2 aromatic rings. The summed E-state index contributed by atoms with van der Waals surface area (Å²) < 4.78 is 28.7. The first-order valence-electron chi connectivity index (χ1n) is 6.63. The van der Waals surface area contributed by atoms with Gasteiger partial charge in [-0.2, -0.15) is 0 Å². The third kappa shape index (κ3) is 3.71. The minimum Gasteiger partial charge on any atom is -0.396 e. The van der Waals surface area contributed by atoms with Crippen LogP contribution in [0.1, 0.15) is 12.0 Å². The molecule has 0 unspecified atom stereocenters. The van der Waals surface area contributed by atoms with E-state index in [4.69, 9.17) is 5.11 Å². The van der Waals surface area contributed by atoms with E-state index in [1.807, 2.05) is 25.1 Å². The molecule has 0 heterocycles. The smallest absolute Gasteiger partial charge is 0.182 e. The van der Waals surface area contributed by atoms with E-state index in [1.165, 1.54) is 6.07 Å². The molecule has 2 rings (SSSR count). The van der Waals surface area contributed by atoms with E-state index in [9.17, 15) is 8.78 Å². The van der Waals surface area contributed by atoms with E-state index in [1.54, 1.807) is 11.0 Å². The van der Waals surface area contributed by atoms with Crippen molar-refractivity contribution in [1.82, 2.24) is 0 Å². The predicted molar refractivity (Wildman–Crippen MR) is 89.0 cm³/mol. The summed E-state index contributed by atoms with van der Waals surface area (Å²) in [6, 6.07) is 9.93. The molecular weight excluding hydrogens is 387 g/mol. The van der Waals surface area contributed by atoms with Crippen LogP contribution in [-0.4, -0.2) is 18.3 Å². The molecule has 0 bridgehead atoms. The summed E-state index contributed by atoms with van der Waals surface area (Å²) in [6.45, 7) is 2.34. The zero-order valence-electron chi connectivity index (χ0n) is 11.6. The summed E-state index contributed by atoms with van der Waals surface area (Å²) in [5, 5.41) is 9.05. The molecule has 0 aliphatic heterocycles. The Labute approximate surface area is 136 Å². The Balaban J connectivity index is 2.49. The molecule has 0 spiro atoms. The Kier molecular flexibility index (Phi) is 5.52. The molecule has 0 fully saturated rings. The molecule has 2 aromatic carbocycles. The predicted octanol–water partition coefficient (Wildman–Crippen LogP) is 4.40. The molecular formula is C16H16F2INO. The van der Waals surface area contributed by atoms with Crippen LogP contribution >= 0.6 is 22.6 Å². The third-order valence-corrected chi connectivity index (χ3v) is 3.88. The highest BCUT2D eigenvalue weighted by Gasteiger charge is 2.17. The molecule has 0 amide bonds. The Morgan fingerprint density at radius 3 is 2.57 bits per heavy atom. The Morgan fingerprint density at radius 2 is 1.90 bits per heavy atom. The second-order valence-corrected chi connectivity index (χ2v) is 5.98. The van der Waals surface area contributed by atoms with Gasteiger partial charge in [0.05, 0.1) is 5.69 Å². The van der Waals surface area contributed by atoms with Crippen molar-refractivity contribution in [2.75, 3.05) is 18.1 Å². The normalized spacial score (nSPS) is 10.7. The number of halogens is 3. The highest BCUT2D eigenvalue weighted by Crippen LogP contribution is 2.32. The van der Waals surface area contributed by atoms with Crippen LogP contribution in [0, 0.1) is 22.1 Å². The van der Waals surface area contributed by atoms with Gasteiger partial charge in [-0.25, -0.2) is 8.78 Å². The molecule has 0 aliphatic rings. The van der Waals surface area contributed by atoms with Crippen molar-refractivity contribution in [3.63, 3.8) is 0 Å². The van der Waals surface area contributed by atoms with Crippen LogP contribution in [0.4, 0.5) is 20.2 Å². The molecule has 112 valence electrons. The molecule has 0 saturated heterocycles. The van der Waals surface area contributed by atoms with Gasteiger partial charge in [0.25, 0.3) is 0 Å². The first kappa shape index (κ1) is 16.2. The van der Waals surface area contributed by atoms with E-state index >= 15 is 0 Å². The van der Waals surface area contributed by atoms with Gasteiger partial charge in [-0.05, 0) is 71.8 Å². The van der Waals surface area contributed by atoms with Crippen molar-refractivity contribution in [3.05, 3.63) is 57.2 Å². The summed E-state index contributed by atoms with van der Waals surface area (Å²) in [4.78, 5) is 1.71. The van der Waals surface area contributed by atoms with Gasteiger partial charge in [0.1, 0.15) is 0 Å². The van der Waals surface area contributed by atoms with Crippen molar-refractivity contribution < 1.29 is 13.9 Å². The van der Waals surface area contributed by atoms with Crippen LogP contribution in [0.15, 0.2) is 36.4 Å². The molecule has 0 aromatic heterocycles. The lowest BCUT2D eigenvalue weighted by molar-refractivity contribution is 0.290. The highest BCUT2D eigenvalue weighted by atomic mass is 127. The number of hydrogen-bond acceptors (Lipinski definition) is 2. The number of rotatable bonds is 5. The van der Waals surface area contributed by atoms with Gasteiger partial charge in [0.2, 0.25) is 0 Å². The summed E-state index contributed by atoms with van der Waals surface area (Å²) in [6.07, 6.45) is 0.474. The lowest BCUT2D eigenvalue weighted by Gasteiger charge is -2.27. The Hall–Kier alpha value is -1.21. The molecule has 1 N–H and O–H groups in total. The molecule has 2 nitrogen and oxygen atoms in total. The van der Waals surface area contributed by atoms with Gasteiger partial charge < -0.3 is 10.0 Å². The van der Waals surface area contributed by atoms with E-state index in [-0.39, 0.29) is 12.3 Å². The molecule has 0 radical (unpaired) electrons. The SMILES string of the molecule is Cc1cc(I)ccc1N(CCCO)c1cccc(F)c1F. The van der Waals surface area contributed by atoms with Crippen LogP contribution in [0.5, 0.6) is 0 Å². The summed E-state index contributed by atoms with van der Waals surface area (Å²) >= 11 is 2.21. The zero-order valence-corrected chi connectivity index (χ0v) is 13.8. The minimum atomic E-state index is -0.871. The first-order valence-corrected chi connectivity index (χ1v) is 7.71. The minimum absolute atomic E-state index is 0.00312. The van der Waals surface area contributed by atoms with Gasteiger partial charge in [0.15, 0.2) is 11.6 Å². The second kappa shape index (κ2) is 7.17. The summed E-state index contributed by atoms with van der Waals surface area (Å²) in [7, 11) is 0. The number of nitrogens with zero attached hydrogens (tertiary/aromatic N) is 1. The second-order valence-electron chi connectivity index (χ2n) is 4.73.